The summed E-state index contributed by atoms with van der Waals surface area (Å²) in [5, 5.41) is 3.10. The Kier molecular flexibility index (Phi) is 4.67. The predicted molar refractivity (Wildman–Crippen MR) is 87.2 cm³/mol. The highest BCUT2D eigenvalue weighted by atomic mass is 79.9. The third kappa shape index (κ3) is 2.57. The fraction of sp³-hybridized carbons (Fsp3) is 0.462. The molecular formula is C13H16BrN3O3S. The van der Waals surface area contributed by atoms with Gasteiger partial charge in [-0.05, 0) is 34.8 Å². The van der Waals surface area contributed by atoms with Crippen molar-refractivity contribution in [1.82, 2.24) is 14.9 Å². The Labute approximate surface area is 133 Å². The van der Waals surface area contributed by atoms with E-state index >= 15 is 0 Å². The molecule has 2 aromatic heterocycles. The van der Waals surface area contributed by atoms with Gasteiger partial charge in [0.2, 0.25) is 5.91 Å². The summed E-state index contributed by atoms with van der Waals surface area (Å²) < 4.78 is 1.83. The van der Waals surface area contributed by atoms with Crippen molar-refractivity contribution in [2.45, 2.75) is 33.2 Å². The van der Waals surface area contributed by atoms with E-state index in [0.29, 0.717) is 23.2 Å². The molecule has 0 saturated carbocycles. The maximum Gasteiger partial charge on any atom is 0.330 e. The third-order valence-corrected chi connectivity index (χ3v) is 5.37. The summed E-state index contributed by atoms with van der Waals surface area (Å²) in [4.78, 5) is 39.4. The van der Waals surface area contributed by atoms with Gasteiger partial charge >= 0.3 is 5.69 Å². The Hall–Kier alpha value is -1.41. The summed E-state index contributed by atoms with van der Waals surface area (Å²) >= 11 is 4.66. The molecule has 3 rings (SSSR count). The minimum atomic E-state index is -0.710. The van der Waals surface area contributed by atoms with Gasteiger partial charge < -0.3 is 5.32 Å². The van der Waals surface area contributed by atoms with Crippen LogP contribution < -0.4 is 16.6 Å². The largest absolute Gasteiger partial charge is 0.354 e. The van der Waals surface area contributed by atoms with E-state index in [9.17, 15) is 14.4 Å². The first-order chi connectivity index (χ1) is 10.0. The molecule has 2 aromatic rings. The number of carbonyl (C=O) groups excluding carboxylic acids is 1. The molecule has 1 saturated heterocycles. The lowest BCUT2D eigenvalue weighted by Crippen LogP contribution is -2.40. The number of carbonyl (C=O) groups is 1. The number of hydrogen-bond acceptors (Lipinski definition) is 4. The van der Waals surface area contributed by atoms with Gasteiger partial charge in [0.25, 0.3) is 5.56 Å². The highest BCUT2D eigenvalue weighted by Gasteiger charge is 2.29. The highest BCUT2D eigenvalue weighted by molar-refractivity contribution is 9.11. The SMILES string of the molecule is CC.Cc1c(Br)sc2[nH]c(=O)n(C3CCNC3=O)c(=O)c12. The molecule has 1 amide bonds. The fourth-order valence-electron chi connectivity index (χ4n) is 2.31. The number of halogens is 1. The van der Waals surface area contributed by atoms with Crippen molar-refractivity contribution >= 4 is 43.4 Å². The Morgan fingerprint density at radius 2 is 1.95 bits per heavy atom. The van der Waals surface area contributed by atoms with E-state index in [0.717, 1.165) is 13.9 Å². The molecule has 1 aliphatic heterocycles. The molecule has 0 spiro atoms. The van der Waals surface area contributed by atoms with Crippen LogP contribution in [0, 0.1) is 6.92 Å². The van der Waals surface area contributed by atoms with Crippen molar-refractivity contribution in [3.63, 3.8) is 0 Å². The second-order valence-corrected chi connectivity index (χ2v) is 6.74. The van der Waals surface area contributed by atoms with Crippen LogP contribution in [0.3, 0.4) is 0 Å². The van der Waals surface area contributed by atoms with Gasteiger partial charge in [-0.3, -0.25) is 14.6 Å². The number of fused-ring (bicyclic) bond motifs is 1. The van der Waals surface area contributed by atoms with Crippen LogP contribution in [-0.4, -0.2) is 22.0 Å². The second-order valence-electron chi connectivity index (χ2n) is 4.41. The number of nitrogens with one attached hydrogen (secondary N) is 2. The van der Waals surface area contributed by atoms with Gasteiger partial charge in [0.15, 0.2) is 0 Å². The molecule has 0 radical (unpaired) electrons. The van der Waals surface area contributed by atoms with Crippen LogP contribution in [0.25, 0.3) is 10.2 Å². The standard InChI is InChI=1S/C11H10BrN3O3S.C2H6/c1-4-6-9(19-7(4)12)14-11(18)15(10(6)17)5-2-3-13-8(5)16;1-2/h5H,2-3H2,1H3,(H,13,16)(H,14,18);1-2H3. The normalized spacial score (nSPS) is 17.5. The molecule has 2 N–H and O–H groups in total. The van der Waals surface area contributed by atoms with Gasteiger partial charge in [-0.15, -0.1) is 11.3 Å². The lowest BCUT2D eigenvalue weighted by atomic mass is 10.2. The van der Waals surface area contributed by atoms with Gasteiger partial charge in [-0.25, -0.2) is 9.36 Å². The van der Waals surface area contributed by atoms with Crippen molar-refractivity contribution in [2.75, 3.05) is 6.54 Å². The maximum absolute atomic E-state index is 12.5. The first-order valence-electron chi connectivity index (χ1n) is 6.72. The molecule has 1 atom stereocenters. The number of H-pyrrole nitrogens is 1. The van der Waals surface area contributed by atoms with Crippen molar-refractivity contribution in [3.8, 4) is 0 Å². The molecular weight excluding hydrogens is 358 g/mol. The van der Waals surface area contributed by atoms with E-state index in [1.54, 1.807) is 0 Å². The molecule has 0 bridgehead atoms. The van der Waals surface area contributed by atoms with Gasteiger partial charge in [0.05, 0.1) is 9.17 Å². The Balaban J connectivity index is 0.000000774. The number of rotatable bonds is 1. The topological polar surface area (TPSA) is 84.0 Å². The summed E-state index contributed by atoms with van der Waals surface area (Å²) in [6.07, 6.45) is 0.456. The summed E-state index contributed by atoms with van der Waals surface area (Å²) in [5.41, 5.74) is -0.151. The van der Waals surface area contributed by atoms with Crippen molar-refractivity contribution in [1.29, 1.82) is 0 Å². The van der Waals surface area contributed by atoms with Crippen LogP contribution in [0.1, 0.15) is 31.9 Å². The lowest BCUT2D eigenvalue weighted by molar-refractivity contribution is -0.122. The Morgan fingerprint density at radius 1 is 1.29 bits per heavy atom. The maximum atomic E-state index is 12.5. The number of aromatic amines is 1. The van der Waals surface area contributed by atoms with E-state index in [1.807, 2.05) is 20.8 Å². The number of thiophene rings is 1. The number of amides is 1. The molecule has 1 unspecified atom stereocenters. The summed E-state index contributed by atoms with van der Waals surface area (Å²) in [6.45, 7) is 6.29. The first-order valence-corrected chi connectivity index (χ1v) is 8.32. The second kappa shape index (κ2) is 6.15. The number of aromatic nitrogens is 2. The smallest absolute Gasteiger partial charge is 0.330 e. The van der Waals surface area contributed by atoms with E-state index in [1.165, 1.54) is 11.3 Å². The van der Waals surface area contributed by atoms with Crippen LogP contribution in [0.2, 0.25) is 0 Å². The first kappa shape index (κ1) is 16.0. The summed E-state index contributed by atoms with van der Waals surface area (Å²) in [6, 6.07) is -0.710. The van der Waals surface area contributed by atoms with Crippen LogP contribution >= 0.6 is 27.3 Å². The fourth-order valence-corrected chi connectivity index (χ4v) is 3.91. The van der Waals surface area contributed by atoms with E-state index in [2.05, 4.69) is 26.2 Å². The molecule has 1 fully saturated rings. The molecule has 0 aromatic carbocycles. The van der Waals surface area contributed by atoms with Crippen LogP contribution in [0.5, 0.6) is 0 Å². The predicted octanol–water partition coefficient (Wildman–Crippen LogP) is 1.91. The molecule has 21 heavy (non-hydrogen) atoms. The lowest BCUT2D eigenvalue weighted by Gasteiger charge is -2.09. The van der Waals surface area contributed by atoms with Gasteiger partial charge in [-0.1, -0.05) is 13.8 Å². The minimum absolute atomic E-state index is 0.279. The zero-order valence-electron chi connectivity index (χ0n) is 11.9. The van der Waals surface area contributed by atoms with Gasteiger partial charge in [0, 0.05) is 6.54 Å². The van der Waals surface area contributed by atoms with Crippen LogP contribution in [-0.2, 0) is 4.79 Å². The van der Waals surface area contributed by atoms with Crippen molar-refractivity contribution in [3.05, 3.63) is 30.2 Å². The monoisotopic (exact) mass is 373 g/mol. The molecule has 114 valence electrons. The quantitative estimate of drug-likeness (QED) is 0.800. The zero-order chi connectivity index (χ0) is 15.7. The van der Waals surface area contributed by atoms with Crippen LogP contribution in [0.4, 0.5) is 0 Å². The van der Waals surface area contributed by atoms with Crippen LogP contribution in [0.15, 0.2) is 13.4 Å². The van der Waals surface area contributed by atoms with E-state index in [-0.39, 0.29) is 5.91 Å². The van der Waals surface area contributed by atoms with E-state index in [4.69, 9.17) is 0 Å². The average molecular weight is 374 g/mol. The average Bonchev–Trinajstić information content (AvgIpc) is 2.98. The van der Waals surface area contributed by atoms with Crippen molar-refractivity contribution in [2.24, 2.45) is 0 Å². The molecule has 0 aliphatic carbocycles. The summed E-state index contributed by atoms with van der Waals surface area (Å²) in [5.74, 6) is -0.279. The highest BCUT2D eigenvalue weighted by Crippen LogP contribution is 2.31. The zero-order valence-corrected chi connectivity index (χ0v) is 14.4. The number of aryl methyl sites for hydroxylation is 1. The van der Waals surface area contributed by atoms with Gasteiger partial charge in [0.1, 0.15) is 10.9 Å². The Bertz CT molecular complexity index is 805. The number of hydrogen-bond donors (Lipinski definition) is 2. The van der Waals surface area contributed by atoms with Gasteiger partial charge in [-0.2, -0.15) is 0 Å². The summed E-state index contributed by atoms with van der Waals surface area (Å²) in [7, 11) is 0. The molecule has 3 heterocycles. The third-order valence-electron chi connectivity index (χ3n) is 3.29. The van der Waals surface area contributed by atoms with Crippen molar-refractivity contribution < 1.29 is 4.79 Å². The number of nitrogens with zero attached hydrogens (tertiary/aromatic N) is 1. The minimum Gasteiger partial charge on any atom is -0.354 e. The Morgan fingerprint density at radius 3 is 2.52 bits per heavy atom. The van der Waals surface area contributed by atoms with E-state index < -0.39 is 17.3 Å². The molecule has 1 aliphatic rings. The molecule has 6 nitrogen and oxygen atoms in total. The molecule has 8 heteroatoms.